The molecule has 5 aromatic rings. The molecular formula is C43H47BrN6O7. The van der Waals surface area contributed by atoms with Gasteiger partial charge in [0.2, 0.25) is 23.6 Å². The lowest BCUT2D eigenvalue weighted by Gasteiger charge is -2.26. The van der Waals surface area contributed by atoms with E-state index in [2.05, 4.69) is 42.2 Å². The molecule has 4 aromatic carbocycles. The zero-order chi connectivity index (χ0) is 41.0. The number of alkyl carbamates (subject to hydrolysis) is 1. The molecule has 0 aliphatic carbocycles. The molecule has 7 N–H and O–H groups in total. The number of fused-ring (bicyclic) bond motifs is 1. The van der Waals surface area contributed by atoms with E-state index in [0.717, 1.165) is 32.1 Å². The lowest BCUT2D eigenvalue weighted by molar-refractivity contribution is -0.134. The third-order valence-electron chi connectivity index (χ3n) is 8.77. The van der Waals surface area contributed by atoms with E-state index in [0.29, 0.717) is 17.9 Å². The molecule has 5 rings (SSSR count). The monoisotopic (exact) mass is 838 g/mol. The Morgan fingerprint density at radius 1 is 0.702 bits per heavy atom. The average Bonchev–Trinajstić information content (AvgIpc) is 3.59. The van der Waals surface area contributed by atoms with Gasteiger partial charge in [0.15, 0.2) is 0 Å². The van der Waals surface area contributed by atoms with Gasteiger partial charge in [-0.1, -0.05) is 84.9 Å². The number of H-pyrrole nitrogens is 1. The number of carbonyl (C=O) groups is 5. The molecule has 1 aromatic heterocycles. The number of aromatic nitrogens is 1. The van der Waals surface area contributed by atoms with Gasteiger partial charge in [0.05, 0.1) is 11.9 Å². The topological polar surface area (TPSA) is 194 Å². The zero-order valence-corrected chi connectivity index (χ0v) is 33.6. The van der Waals surface area contributed by atoms with Crippen LogP contribution in [-0.2, 0) is 49.9 Å². The Morgan fingerprint density at radius 2 is 1.32 bits per heavy atom. The molecule has 3 atom stereocenters. The van der Waals surface area contributed by atoms with Crippen molar-refractivity contribution in [1.82, 2.24) is 26.3 Å². The van der Waals surface area contributed by atoms with Crippen molar-refractivity contribution in [1.29, 1.82) is 0 Å². The van der Waals surface area contributed by atoms with E-state index in [1.165, 1.54) is 0 Å². The molecule has 1 heterocycles. The number of hydrogen-bond acceptors (Lipinski definition) is 7. The number of halogens is 1. The Balaban J connectivity index is 1.34. The highest BCUT2D eigenvalue weighted by atomic mass is 79.9. The molecule has 0 unspecified atom stereocenters. The number of aromatic amines is 1. The molecular weight excluding hydrogens is 792 g/mol. The molecule has 0 saturated carbocycles. The van der Waals surface area contributed by atoms with E-state index in [1.807, 2.05) is 78.9 Å². The molecule has 0 spiro atoms. The van der Waals surface area contributed by atoms with Gasteiger partial charge in [-0.2, -0.15) is 0 Å². The quantitative estimate of drug-likeness (QED) is 0.0727. The first-order chi connectivity index (χ1) is 27.2. The van der Waals surface area contributed by atoms with Gasteiger partial charge >= 0.3 is 6.09 Å². The number of rotatable bonds is 17. The van der Waals surface area contributed by atoms with Crippen molar-refractivity contribution in [3.05, 3.63) is 136 Å². The molecule has 57 heavy (non-hydrogen) atoms. The van der Waals surface area contributed by atoms with E-state index in [-0.39, 0.29) is 19.4 Å². The van der Waals surface area contributed by atoms with Gasteiger partial charge in [-0.25, -0.2) is 4.79 Å². The lowest BCUT2D eigenvalue weighted by Crippen LogP contribution is -2.58. The minimum atomic E-state index is -1.49. The second-order valence-corrected chi connectivity index (χ2v) is 15.4. The number of nitrogens with two attached hydrogens (primary N) is 1. The number of ether oxygens (including phenoxy) is 2. The SMILES string of the molecule is CC(C)(C)OC(=O)N[C@@H](Cc1ccc(OCc2ccccc2)cc1)C(=O)N[C@@H](CC(N)=O)C(=O)N[C@@H](Cc1c[nH]c2c(Br)cccc12)C(=O)NCc1ccccc1. The van der Waals surface area contributed by atoms with Crippen molar-refractivity contribution in [2.75, 3.05) is 0 Å². The predicted octanol–water partition coefficient (Wildman–Crippen LogP) is 5.35. The first-order valence-corrected chi connectivity index (χ1v) is 19.2. The Kier molecular flexibility index (Phi) is 14.5. The Labute approximate surface area is 339 Å². The summed E-state index contributed by atoms with van der Waals surface area (Å²) in [4.78, 5) is 70.1. The van der Waals surface area contributed by atoms with E-state index in [1.54, 1.807) is 51.2 Å². The van der Waals surface area contributed by atoms with Crippen molar-refractivity contribution >= 4 is 56.6 Å². The molecule has 298 valence electrons. The van der Waals surface area contributed by atoms with Crippen LogP contribution in [0.2, 0.25) is 0 Å². The second-order valence-electron chi connectivity index (χ2n) is 14.5. The van der Waals surface area contributed by atoms with Crippen LogP contribution in [0.15, 0.2) is 114 Å². The zero-order valence-electron chi connectivity index (χ0n) is 32.0. The van der Waals surface area contributed by atoms with Crippen LogP contribution in [0.25, 0.3) is 10.9 Å². The number of para-hydroxylation sites is 1. The van der Waals surface area contributed by atoms with E-state index >= 15 is 0 Å². The third-order valence-corrected chi connectivity index (χ3v) is 9.43. The summed E-state index contributed by atoms with van der Waals surface area (Å²) in [6.07, 6.45) is 0.393. The van der Waals surface area contributed by atoms with Crippen molar-refractivity contribution in [3.63, 3.8) is 0 Å². The molecule has 0 bridgehead atoms. The molecule has 0 radical (unpaired) electrons. The fourth-order valence-electron chi connectivity index (χ4n) is 5.99. The maximum absolute atomic E-state index is 14.0. The van der Waals surface area contributed by atoms with Crippen molar-refractivity contribution < 1.29 is 33.4 Å². The standard InChI is InChI=1S/C43H47BrN6O7/c1-43(2,3)57-42(55)50-34(21-27-17-19-31(20-18-27)56-26-29-13-8-5-9-14-29)40(53)49-36(23-37(45)51)41(54)48-35(39(52)47-24-28-11-6-4-7-12-28)22-30-25-46-38-32(30)15-10-16-33(38)44/h4-20,25,34-36,46H,21-24,26H2,1-3H3,(H2,45,51)(H,47,52)(H,48,54)(H,49,53)(H,50,55)/t34-,35-,36-/m0/s1. The largest absolute Gasteiger partial charge is 0.489 e. The van der Waals surface area contributed by atoms with Crippen LogP contribution in [0, 0.1) is 0 Å². The number of primary amides is 1. The highest BCUT2D eigenvalue weighted by Gasteiger charge is 2.32. The van der Waals surface area contributed by atoms with Gasteiger partial charge in [0.1, 0.15) is 36.1 Å². The lowest BCUT2D eigenvalue weighted by atomic mass is 10.0. The molecule has 5 amide bonds. The molecule has 0 aliphatic rings. The minimum Gasteiger partial charge on any atom is -0.489 e. The van der Waals surface area contributed by atoms with Gasteiger partial charge in [0, 0.05) is 35.4 Å². The van der Waals surface area contributed by atoms with Crippen LogP contribution in [-0.4, -0.2) is 58.4 Å². The Morgan fingerprint density at radius 3 is 1.96 bits per heavy atom. The maximum atomic E-state index is 14.0. The summed E-state index contributed by atoms with van der Waals surface area (Å²) in [5.41, 5.74) is 8.78. The summed E-state index contributed by atoms with van der Waals surface area (Å²) in [6.45, 7) is 5.62. The maximum Gasteiger partial charge on any atom is 0.408 e. The highest BCUT2D eigenvalue weighted by Crippen LogP contribution is 2.26. The van der Waals surface area contributed by atoms with Crippen LogP contribution in [0.4, 0.5) is 4.79 Å². The van der Waals surface area contributed by atoms with Crippen LogP contribution in [0.5, 0.6) is 5.75 Å². The van der Waals surface area contributed by atoms with Crippen molar-refractivity contribution in [3.8, 4) is 5.75 Å². The predicted molar refractivity (Wildman–Crippen MR) is 220 cm³/mol. The van der Waals surface area contributed by atoms with Crippen LogP contribution >= 0.6 is 15.9 Å². The van der Waals surface area contributed by atoms with Crippen LogP contribution in [0.1, 0.15) is 49.4 Å². The fraction of sp³-hybridized carbons (Fsp3) is 0.279. The minimum absolute atomic E-state index is 0.00437. The van der Waals surface area contributed by atoms with E-state index in [4.69, 9.17) is 15.2 Å². The first-order valence-electron chi connectivity index (χ1n) is 18.4. The summed E-state index contributed by atoms with van der Waals surface area (Å²) in [7, 11) is 0. The molecule has 0 saturated heterocycles. The fourth-order valence-corrected chi connectivity index (χ4v) is 6.47. The number of benzene rings is 4. The van der Waals surface area contributed by atoms with Gasteiger partial charge in [-0.05, 0) is 77.2 Å². The van der Waals surface area contributed by atoms with E-state index in [9.17, 15) is 24.0 Å². The number of carbonyl (C=O) groups excluding carboxylic acids is 5. The van der Waals surface area contributed by atoms with Crippen LogP contribution in [0.3, 0.4) is 0 Å². The van der Waals surface area contributed by atoms with E-state index < -0.39 is 59.9 Å². The summed E-state index contributed by atoms with van der Waals surface area (Å²) in [6, 6.07) is 27.8. The summed E-state index contributed by atoms with van der Waals surface area (Å²) in [5, 5.41) is 11.7. The Bertz CT molecular complexity index is 2150. The summed E-state index contributed by atoms with van der Waals surface area (Å²) < 4.78 is 12.2. The summed E-state index contributed by atoms with van der Waals surface area (Å²) >= 11 is 3.54. The number of hydrogen-bond donors (Lipinski definition) is 6. The average molecular weight is 840 g/mol. The normalized spacial score (nSPS) is 12.8. The number of amides is 5. The van der Waals surface area contributed by atoms with Gasteiger partial charge in [-0.15, -0.1) is 0 Å². The van der Waals surface area contributed by atoms with Crippen molar-refractivity contribution in [2.45, 2.75) is 76.9 Å². The van der Waals surface area contributed by atoms with Gasteiger partial charge in [-0.3, -0.25) is 19.2 Å². The Hall–Kier alpha value is -6.15. The molecule has 14 heteroatoms. The van der Waals surface area contributed by atoms with Gasteiger partial charge < -0.3 is 41.5 Å². The number of nitrogens with one attached hydrogen (secondary N) is 5. The van der Waals surface area contributed by atoms with Crippen LogP contribution < -0.4 is 31.7 Å². The second kappa shape index (κ2) is 19.6. The third kappa shape index (κ3) is 13.0. The smallest absolute Gasteiger partial charge is 0.408 e. The molecule has 0 aliphatic heterocycles. The highest BCUT2D eigenvalue weighted by molar-refractivity contribution is 9.10. The molecule has 13 nitrogen and oxygen atoms in total. The van der Waals surface area contributed by atoms with Gasteiger partial charge in [0.25, 0.3) is 0 Å². The molecule has 0 fully saturated rings. The van der Waals surface area contributed by atoms with Crippen molar-refractivity contribution in [2.24, 2.45) is 5.73 Å². The summed E-state index contributed by atoms with van der Waals surface area (Å²) in [5.74, 6) is -2.35. The first kappa shape index (κ1) is 42.0.